The van der Waals surface area contributed by atoms with E-state index in [2.05, 4.69) is 38.8 Å². The number of thiocarbonyl (C=S) groups is 1. The van der Waals surface area contributed by atoms with Crippen LogP contribution in [0.5, 0.6) is 0 Å². The second-order valence-electron chi connectivity index (χ2n) is 6.52. The first kappa shape index (κ1) is 25.8. The number of carbonyl (C=O) groups excluding carboxylic acids is 1. The summed E-state index contributed by atoms with van der Waals surface area (Å²) in [7, 11) is 0. The summed E-state index contributed by atoms with van der Waals surface area (Å²) < 4.78 is -0.796. The number of alkyl halides is 3. The van der Waals surface area contributed by atoms with Gasteiger partial charge in [-0.2, -0.15) is 0 Å². The van der Waals surface area contributed by atoms with Crippen molar-refractivity contribution in [1.29, 1.82) is 0 Å². The Morgan fingerprint density at radius 3 is 2.18 bits per heavy atom. The summed E-state index contributed by atoms with van der Waals surface area (Å²) in [6.07, 6.45) is 7.38. The van der Waals surface area contributed by atoms with Crippen LogP contribution in [0.25, 0.3) is 0 Å². The first-order valence-corrected chi connectivity index (χ1v) is 11.7. The van der Waals surface area contributed by atoms with Gasteiger partial charge in [-0.15, -0.1) is 0 Å². The molecule has 0 aliphatic heterocycles. The second kappa shape index (κ2) is 13.9. The number of hydrogen-bond acceptors (Lipinski definition) is 2. The highest BCUT2D eigenvalue weighted by Gasteiger charge is 2.34. The van der Waals surface area contributed by atoms with Crippen LogP contribution in [-0.2, 0) is 4.79 Å². The Hall–Kier alpha value is -0.270. The van der Waals surface area contributed by atoms with Crippen LogP contribution >= 0.6 is 63.0 Å². The zero-order valence-electron chi connectivity index (χ0n) is 15.9. The third kappa shape index (κ3) is 11.7. The summed E-state index contributed by atoms with van der Waals surface area (Å²) in [4.78, 5) is 12.2. The lowest BCUT2D eigenvalue weighted by atomic mass is 10.1. The number of nitrogens with one attached hydrogen (secondary N) is 3. The van der Waals surface area contributed by atoms with Gasteiger partial charge in [0.1, 0.15) is 6.17 Å². The minimum Gasteiger partial charge on any atom is -0.339 e. The Morgan fingerprint density at radius 2 is 1.61 bits per heavy atom. The molecular weight excluding hydrogens is 505 g/mol. The Labute approximate surface area is 196 Å². The molecule has 0 bridgehead atoms. The van der Waals surface area contributed by atoms with Crippen LogP contribution in [-0.4, -0.2) is 21.0 Å². The van der Waals surface area contributed by atoms with Crippen molar-refractivity contribution in [2.24, 2.45) is 0 Å². The van der Waals surface area contributed by atoms with E-state index in [0.29, 0.717) is 6.42 Å². The number of rotatable bonds is 11. The van der Waals surface area contributed by atoms with Crippen LogP contribution in [0.4, 0.5) is 5.69 Å². The smallest absolute Gasteiger partial charge is 0.228 e. The van der Waals surface area contributed by atoms with Crippen molar-refractivity contribution in [3.63, 3.8) is 0 Å². The average Bonchev–Trinajstić information content (AvgIpc) is 2.61. The van der Waals surface area contributed by atoms with Crippen molar-refractivity contribution in [3.05, 3.63) is 28.7 Å². The van der Waals surface area contributed by atoms with Gasteiger partial charge < -0.3 is 16.0 Å². The molecule has 0 heterocycles. The average molecular weight is 532 g/mol. The molecule has 0 spiro atoms. The fraction of sp³-hybridized carbons (Fsp3) is 0.579. The predicted molar refractivity (Wildman–Crippen MR) is 128 cm³/mol. The molecule has 0 aromatic heterocycles. The molecule has 0 fully saturated rings. The van der Waals surface area contributed by atoms with E-state index in [1.54, 1.807) is 0 Å². The molecule has 9 heteroatoms. The van der Waals surface area contributed by atoms with Crippen molar-refractivity contribution in [1.82, 2.24) is 10.6 Å². The molecule has 1 aromatic rings. The lowest BCUT2D eigenvalue weighted by Crippen LogP contribution is -2.56. The summed E-state index contributed by atoms with van der Waals surface area (Å²) in [6.45, 7) is 2.19. The van der Waals surface area contributed by atoms with Crippen molar-refractivity contribution in [2.45, 2.75) is 68.2 Å². The number of hydrogen-bond donors (Lipinski definition) is 3. The minimum atomic E-state index is -1.75. The predicted octanol–water partition coefficient (Wildman–Crippen LogP) is 6.69. The highest BCUT2D eigenvalue weighted by atomic mass is 79.9. The monoisotopic (exact) mass is 529 g/mol. The Bertz CT molecular complexity index is 611. The lowest BCUT2D eigenvalue weighted by molar-refractivity contribution is -0.122. The molecule has 0 aliphatic rings. The van der Waals surface area contributed by atoms with Crippen LogP contribution < -0.4 is 16.0 Å². The maximum atomic E-state index is 12.2. The third-order valence-electron chi connectivity index (χ3n) is 4.02. The molecule has 3 N–H and O–H groups in total. The van der Waals surface area contributed by atoms with Crippen molar-refractivity contribution in [2.75, 3.05) is 5.32 Å². The molecule has 1 amide bonds. The van der Waals surface area contributed by atoms with Gasteiger partial charge in [-0.3, -0.25) is 4.79 Å². The molecule has 28 heavy (non-hydrogen) atoms. The van der Waals surface area contributed by atoms with E-state index >= 15 is 0 Å². The van der Waals surface area contributed by atoms with Crippen LogP contribution in [0.1, 0.15) is 58.3 Å². The molecule has 1 rings (SSSR count). The van der Waals surface area contributed by atoms with Gasteiger partial charge in [-0.05, 0) is 42.9 Å². The van der Waals surface area contributed by atoms with E-state index in [0.717, 1.165) is 29.4 Å². The zero-order valence-corrected chi connectivity index (χ0v) is 20.5. The normalized spacial score (nSPS) is 12.3. The molecule has 0 saturated carbocycles. The maximum absolute atomic E-state index is 12.2. The van der Waals surface area contributed by atoms with Gasteiger partial charge in [0.15, 0.2) is 5.11 Å². The summed E-state index contributed by atoms with van der Waals surface area (Å²) >= 11 is 26.6. The van der Waals surface area contributed by atoms with Gasteiger partial charge >= 0.3 is 0 Å². The number of unbranched alkanes of at least 4 members (excludes halogenated alkanes) is 6. The fourth-order valence-corrected chi connectivity index (χ4v) is 3.33. The third-order valence-corrected chi connectivity index (χ3v) is 5.42. The summed E-state index contributed by atoms with van der Waals surface area (Å²) in [5.41, 5.74) is 0.776. The molecule has 1 unspecified atom stereocenters. The van der Waals surface area contributed by atoms with Crippen molar-refractivity contribution in [3.8, 4) is 0 Å². The van der Waals surface area contributed by atoms with Gasteiger partial charge in [0.2, 0.25) is 9.70 Å². The van der Waals surface area contributed by atoms with Crippen LogP contribution in [0.2, 0.25) is 0 Å². The largest absolute Gasteiger partial charge is 0.339 e. The van der Waals surface area contributed by atoms with Gasteiger partial charge in [0.05, 0.1) is 0 Å². The second-order valence-corrected chi connectivity index (χ2v) is 10.2. The Morgan fingerprint density at radius 1 is 1.04 bits per heavy atom. The zero-order chi connectivity index (χ0) is 21.0. The summed E-state index contributed by atoms with van der Waals surface area (Å²) in [6, 6.07) is 7.45. The highest BCUT2D eigenvalue weighted by Crippen LogP contribution is 2.29. The number of amides is 1. The standard InChI is InChI=1S/C19H27BrCl3N3OS/c1-2-3-4-5-6-7-8-9-16(27)25-17(19(21,22)23)26-18(28)24-15-12-10-14(20)11-13-15/h10-13,17H,2-9H2,1H3,(H,25,27)(H2,24,26,28). The number of anilines is 1. The Balaban J connectivity index is 2.42. The minimum absolute atomic E-state index is 0.177. The van der Waals surface area contributed by atoms with E-state index in [1.807, 2.05) is 24.3 Å². The van der Waals surface area contributed by atoms with Gasteiger partial charge in [-0.1, -0.05) is 96.2 Å². The molecule has 0 radical (unpaired) electrons. The van der Waals surface area contributed by atoms with E-state index in [4.69, 9.17) is 47.0 Å². The maximum Gasteiger partial charge on any atom is 0.228 e. The van der Waals surface area contributed by atoms with Crippen molar-refractivity contribution >= 4 is 79.7 Å². The topological polar surface area (TPSA) is 53.2 Å². The fourth-order valence-electron chi connectivity index (χ4n) is 2.51. The molecule has 1 aromatic carbocycles. The summed E-state index contributed by atoms with van der Waals surface area (Å²) in [5, 5.41) is 8.81. The molecule has 0 aliphatic carbocycles. The number of benzene rings is 1. The molecule has 158 valence electrons. The quantitative estimate of drug-likeness (QED) is 0.129. The van der Waals surface area contributed by atoms with Crippen LogP contribution in [0, 0.1) is 0 Å². The van der Waals surface area contributed by atoms with E-state index in [1.165, 1.54) is 25.7 Å². The SMILES string of the molecule is CCCCCCCCCC(=O)NC(NC(=S)Nc1ccc(Br)cc1)C(Cl)(Cl)Cl. The van der Waals surface area contributed by atoms with E-state index in [-0.39, 0.29) is 11.0 Å². The lowest BCUT2D eigenvalue weighted by Gasteiger charge is -2.27. The van der Waals surface area contributed by atoms with E-state index in [9.17, 15) is 4.79 Å². The molecular formula is C19H27BrCl3N3OS. The first-order valence-electron chi connectivity index (χ1n) is 9.41. The molecule has 4 nitrogen and oxygen atoms in total. The molecule has 0 saturated heterocycles. The summed E-state index contributed by atoms with van der Waals surface area (Å²) in [5.74, 6) is -0.177. The first-order chi connectivity index (χ1) is 13.2. The van der Waals surface area contributed by atoms with Gasteiger partial charge in [0, 0.05) is 16.6 Å². The van der Waals surface area contributed by atoms with Gasteiger partial charge in [0.25, 0.3) is 0 Å². The van der Waals surface area contributed by atoms with E-state index < -0.39 is 9.96 Å². The van der Waals surface area contributed by atoms with Crippen LogP contribution in [0.3, 0.4) is 0 Å². The number of carbonyl (C=O) groups is 1. The Kier molecular flexibility index (Phi) is 12.8. The van der Waals surface area contributed by atoms with Gasteiger partial charge in [-0.25, -0.2) is 0 Å². The van der Waals surface area contributed by atoms with Crippen LogP contribution in [0.15, 0.2) is 28.7 Å². The van der Waals surface area contributed by atoms with Crippen molar-refractivity contribution < 1.29 is 4.79 Å². The molecule has 1 atom stereocenters. The highest BCUT2D eigenvalue weighted by molar-refractivity contribution is 9.10. The number of halogens is 4.